The van der Waals surface area contributed by atoms with Gasteiger partial charge in [-0.05, 0) is 28.6 Å². The zero-order chi connectivity index (χ0) is 13.1. The minimum absolute atomic E-state index is 0.357. The summed E-state index contributed by atoms with van der Waals surface area (Å²) in [7, 11) is 0. The second-order valence-corrected chi connectivity index (χ2v) is 4.98. The molecule has 96 valence electrons. The normalized spacial score (nSPS) is 11.2. The summed E-state index contributed by atoms with van der Waals surface area (Å²) in [4.78, 5) is 0. The third-order valence-electron chi connectivity index (χ3n) is 2.34. The predicted octanol–water partition coefficient (Wildman–Crippen LogP) is 2.47. The summed E-state index contributed by atoms with van der Waals surface area (Å²) < 4.78 is 1.61. The molecular formula is C11H13Cl2N5. The largest absolute Gasteiger partial charge is 0.308 e. The number of nitrogens with zero attached hydrogens (tertiary/aromatic N) is 4. The van der Waals surface area contributed by atoms with E-state index in [9.17, 15) is 0 Å². The summed E-state index contributed by atoms with van der Waals surface area (Å²) in [5.74, 6) is 0.702. The van der Waals surface area contributed by atoms with Gasteiger partial charge in [-0.1, -0.05) is 37.0 Å². The van der Waals surface area contributed by atoms with Gasteiger partial charge in [0.25, 0.3) is 0 Å². The van der Waals surface area contributed by atoms with Crippen LogP contribution in [0.25, 0.3) is 5.69 Å². The molecule has 1 aromatic carbocycles. The van der Waals surface area contributed by atoms with Crippen LogP contribution in [0.2, 0.25) is 10.0 Å². The van der Waals surface area contributed by atoms with E-state index in [2.05, 4.69) is 34.7 Å². The van der Waals surface area contributed by atoms with Crippen LogP contribution in [0.5, 0.6) is 0 Å². The van der Waals surface area contributed by atoms with Gasteiger partial charge in [-0.15, -0.1) is 5.10 Å². The van der Waals surface area contributed by atoms with Gasteiger partial charge < -0.3 is 5.32 Å². The molecule has 18 heavy (non-hydrogen) atoms. The van der Waals surface area contributed by atoms with Crippen molar-refractivity contribution < 1.29 is 0 Å². The van der Waals surface area contributed by atoms with Gasteiger partial charge in [0.2, 0.25) is 0 Å². The average Bonchev–Trinajstić information content (AvgIpc) is 2.74. The highest BCUT2D eigenvalue weighted by molar-refractivity contribution is 6.35. The molecule has 0 radical (unpaired) electrons. The van der Waals surface area contributed by atoms with Crippen molar-refractivity contribution in [3.8, 4) is 5.69 Å². The van der Waals surface area contributed by atoms with E-state index in [-0.39, 0.29) is 0 Å². The number of aromatic nitrogens is 4. The minimum Gasteiger partial charge on any atom is -0.308 e. The van der Waals surface area contributed by atoms with Crippen molar-refractivity contribution in [3.63, 3.8) is 0 Å². The van der Waals surface area contributed by atoms with Crippen LogP contribution >= 0.6 is 23.2 Å². The molecule has 0 spiro atoms. The van der Waals surface area contributed by atoms with E-state index in [1.54, 1.807) is 22.9 Å². The fraction of sp³-hybridized carbons (Fsp3) is 0.364. The van der Waals surface area contributed by atoms with Gasteiger partial charge in [0.15, 0.2) is 5.82 Å². The Morgan fingerprint density at radius 2 is 2.11 bits per heavy atom. The Hall–Kier alpha value is -1.17. The van der Waals surface area contributed by atoms with Gasteiger partial charge in [0, 0.05) is 11.1 Å². The predicted molar refractivity (Wildman–Crippen MR) is 71.1 cm³/mol. The molecule has 7 heteroatoms. The van der Waals surface area contributed by atoms with Crippen molar-refractivity contribution in [2.75, 3.05) is 0 Å². The lowest BCUT2D eigenvalue weighted by atomic mass is 10.3. The Kier molecular flexibility index (Phi) is 4.16. The Morgan fingerprint density at radius 3 is 2.78 bits per heavy atom. The Balaban J connectivity index is 2.30. The molecule has 0 amide bonds. The van der Waals surface area contributed by atoms with E-state index in [1.165, 1.54) is 0 Å². The molecule has 1 aromatic heterocycles. The number of hydrogen-bond acceptors (Lipinski definition) is 4. The molecule has 0 atom stereocenters. The van der Waals surface area contributed by atoms with E-state index in [4.69, 9.17) is 23.2 Å². The van der Waals surface area contributed by atoms with E-state index in [0.717, 1.165) is 0 Å². The van der Waals surface area contributed by atoms with Gasteiger partial charge >= 0.3 is 0 Å². The van der Waals surface area contributed by atoms with Crippen molar-refractivity contribution in [1.82, 2.24) is 25.5 Å². The molecule has 2 rings (SSSR count). The molecule has 1 heterocycles. The molecule has 0 aliphatic carbocycles. The van der Waals surface area contributed by atoms with Crippen LogP contribution in [0.4, 0.5) is 0 Å². The fourth-order valence-electron chi connectivity index (χ4n) is 1.45. The maximum absolute atomic E-state index is 6.13. The Bertz CT molecular complexity index is 538. The van der Waals surface area contributed by atoms with Gasteiger partial charge in [-0.25, -0.2) is 0 Å². The van der Waals surface area contributed by atoms with E-state index < -0.39 is 0 Å². The topological polar surface area (TPSA) is 55.6 Å². The minimum atomic E-state index is 0.357. The van der Waals surface area contributed by atoms with Crippen LogP contribution < -0.4 is 5.32 Å². The molecule has 0 aliphatic rings. The first-order valence-electron chi connectivity index (χ1n) is 5.54. The first-order valence-corrected chi connectivity index (χ1v) is 6.29. The first-order chi connectivity index (χ1) is 8.58. The standard InChI is InChI=1S/C11H13Cl2N5/c1-7(2)14-6-11-15-16-17-18(11)10-4-3-8(12)5-9(10)13/h3-5,7,14H,6H2,1-2H3. The number of nitrogens with one attached hydrogen (secondary N) is 1. The third-order valence-corrected chi connectivity index (χ3v) is 2.88. The Labute approximate surface area is 115 Å². The number of tetrazole rings is 1. The van der Waals surface area contributed by atoms with Crippen molar-refractivity contribution in [1.29, 1.82) is 0 Å². The maximum atomic E-state index is 6.13. The second kappa shape index (κ2) is 5.65. The zero-order valence-corrected chi connectivity index (χ0v) is 11.6. The highest BCUT2D eigenvalue weighted by Crippen LogP contribution is 2.24. The quantitative estimate of drug-likeness (QED) is 0.938. The molecule has 2 aromatic rings. The Morgan fingerprint density at radius 1 is 1.33 bits per heavy atom. The lowest BCUT2D eigenvalue weighted by Gasteiger charge is -2.09. The lowest BCUT2D eigenvalue weighted by molar-refractivity contribution is 0.563. The summed E-state index contributed by atoms with van der Waals surface area (Å²) in [5, 5.41) is 15.9. The van der Waals surface area contributed by atoms with Crippen LogP contribution in [0.3, 0.4) is 0 Å². The van der Waals surface area contributed by atoms with Crippen molar-refractivity contribution >= 4 is 23.2 Å². The van der Waals surface area contributed by atoms with Crippen LogP contribution in [-0.4, -0.2) is 26.2 Å². The van der Waals surface area contributed by atoms with Crippen molar-refractivity contribution in [3.05, 3.63) is 34.1 Å². The van der Waals surface area contributed by atoms with Crippen LogP contribution in [0.15, 0.2) is 18.2 Å². The third kappa shape index (κ3) is 2.98. The molecule has 0 fully saturated rings. The highest BCUT2D eigenvalue weighted by Gasteiger charge is 2.11. The summed E-state index contributed by atoms with van der Waals surface area (Å²) in [5.41, 5.74) is 0.714. The summed E-state index contributed by atoms with van der Waals surface area (Å²) in [6.07, 6.45) is 0. The summed E-state index contributed by atoms with van der Waals surface area (Å²) >= 11 is 12.0. The van der Waals surface area contributed by atoms with Gasteiger partial charge in [-0.2, -0.15) is 4.68 Å². The number of rotatable bonds is 4. The molecule has 5 nitrogen and oxygen atoms in total. The monoisotopic (exact) mass is 285 g/mol. The van der Waals surface area contributed by atoms with Gasteiger partial charge in [0.1, 0.15) is 0 Å². The average molecular weight is 286 g/mol. The first kappa shape index (κ1) is 13.3. The maximum Gasteiger partial charge on any atom is 0.170 e. The number of benzene rings is 1. The van der Waals surface area contributed by atoms with Crippen molar-refractivity contribution in [2.24, 2.45) is 0 Å². The summed E-state index contributed by atoms with van der Waals surface area (Å²) in [6.45, 7) is 4.69. The second-order valence-electron chi connectivity index (χ2n) is 4.14. The molecule has 1 N–H and O–H groups in total. The molecule has 0 aliphatic heterocycles. The number of hydrogen-bond donors (Lipinski definition) is 1. The smallest absolute Gasteiger partial charge is 0.170 e. The van der Waals surface area contributed by atoms with Gasteiger partial charge in [-0.3, -0.25) is 0 Å². The van der Waals surface area contributed by atoms with E-state index in [0.29, 0.717) is 34.1 Å². The molecular weight excluding hydrogens is 273 g/mol. The van der Waals surface area contributed by atoms with E-state index >= 15 is 0 Å². The summed E-state index contributed by atoms with van der Waals surface area (Å²) in [6, 6.07) is 5.57. The van der Waals surface area contributed by atoms with Crippen LogP contribution in [0, 0.1) is 0 Å². The molecule has 0 saturated heterocycles. The number of halogens is 2. The molecule has 0 bridgehead atoms. The molecule has 0 unspecified atom stereocenters. The SMILES string of the molecule is CC(C)NCc1nnnn1-c1ccc(Cl)cc1Cl. The van der Waals surface area contributed by atoms with Gasteiger partial charge in [0.05, 0.1) is 17.3 Å². The van der Waals surface area contributed by atoms with Crippen LogP contribution in [0.1, 0.15) is 19.7 Å². The highest BCUT2D eigenvalue weighted by atomic mass is 35.5. The lowest BCUT2D eigenvalue weighted by Crippen LogP contribution is -2.24. The fourth-order valence-corrected chi connectivity index (χ4v) is 1.94. The zero-order valence-electron chi connectivity index (χ0n) is 10.1. The van der Waals surface area contributed by atoms with E-state index in [1.807, 2.05) is 0 Å². The molecule has 0 saturated carbocycles. The van der Waals surface area contributed by atoms with Crippen LogP contribution in [-0.2, 0) is 6.54 Å². The van der Waals surface area contributed by atoms with Crippen molar-refractivity contribution in [2.45, 2.75) is 26.4 Å².